The Hall–Kier alpha value is -3.16. The normalized spacial score (nSPS) is 22.0. The first-order valence-electron chi connectivity index (χ1n) is 11.7. The molecule has 1 amide bonds. The van der Waals surface area contributed by atoms with E-state index in [0.29, 0.717) is 34.1 Å². The molecule has 2 aliphatic heterocycles. The largest absolute Gasteiger partial charge is 0.439 e. The van der Waals surface area contributed by atoms with Crippen LogP contribution >= 0.6 is 11.8 Å². The molecule has 2 heterocycles. The first-order chi connectivity index (χ1) is 18.4. The lowest BCUT2D eigenvalue weighted by atomic mass is 9.96. The lowest BCUT2D eigenvalue weighted by Crippen LogP contribution is -2.32. The van der Waals surface area contributed by atoms with Crippen LogP contribution < -0.4 is 0 Å². The number of halogens is 9. The number of cyclic esters (lactones) is 1. The molecule has 40 heavy (non-hydrogen) atoms. The van der Waals surface area contributed by atoms with Crippen molar-refractivity contribution in [2.75, 3.05) is 5.75 Å². The molecule has 1 fully saturated rings. The molecule has 2 aliphatic rings. The number of aliphatic imine (C=N–C) groups is 1. The summed E-state index contributed by atoms with van der Waals surface area (Å²) in [6.07, 6.45) is -17.6. The molecule has 0 aromatic heterocycles. The number of rotatable bonds is 5. The Balaban J connectivity index is 1.71. The summed E-state index contributed by atoms with van der Waals surface area (Å²) >= 11 is 1.36. The lowest BCUT2D eigenvalue weighted by Gasteiger charge is -2.24. The highest BCUT2D eigenvalue weighted by Gasteiger charge is 2.44. The fourth-order valence-corrected chi connectivity index (χ4v) is 5.52. The van der Waals surface area contributed by atoms with Crippen molar-refractivity contribution < 1.29 is 49.0 Å². The van der Waals surface area contributed by atoms with Crippen LogP contribution in [0.15, 0.2) is 53.5 Å². The van der Waals surface area contributed by atoms with Crippen molar-refractivity contribution in [1.82, 2.24) is 4.90 Å². The Labute approximate surface area is 226 Å². The van der Waals surface area contributed by atoms with E-state index in [2.05, 4.69) is 11.6 Å². The minimum atomic E-state index is -5.11. The Morgan fingerprint density at radius 2 is 1.55 bits per heavy atom. The van der Waals surface area contributed by atoms with Gasteiger partial charge in [-0.25, -0.2) is 4.79 Å². The third-order valence-electron chi connectivity index (χ3n) is 6.52. The predicted molar refractivity (Wildman–Crippen MR) is 130 cm³/mol. The van der Waals surface area contributed by atoms with Gasteiger partial charge in [0.15, 0.2) is 0 Å². The third kappa shape index (κ3) is 6.11. The van der Waals surface area contributed by atoms with E-state index in [-0.39, 0.29) is 11.6 Å². The lowest BCUT2D eigenvalue weighted by molar-refractivity contribution is -0.143. The number of alkyl halides is 9. The first kappa shape index (κ1) is 29.8. The first-order valence-corrected chi connectivity index (χ1v) is 12.7. The second-order valence-electron chi connectivity index (χ2n) is 9.46. The van der Waals surface area contributed by atoms with E-state index in [1.807, 2.05) is 0 Å². The summed E-state index contributed by atoms with van der Waals surface area (Å²) in [6, 6.07) is 2.20. The summed E-state index contributed by atoms with van der Waals surface area (Å²) in [7, 11) is 0. The number of carbonyl (C=O) groups is 1. The molecule has 1 saturated heterocycles. The summed E-state index contributed by atoms with van der Waals surface area (Å²) in [5.74, 6) is 0.396. The van der Waals surface area contributed by atoms with Crippen molar-refractivity contribution in [3.8, 4) is 0 Å². The van der Waals surface area contributed by atoms with Gasteiger partial charge in [-0.1, -0.05) is 12.6 Å². The van der Waals surface area contributed by atoms with Gasteiger partial charge < -0.3 is 4.74 Å². The van der Waals surface area contributed by atoms with Gasteiger partial charge in [0.2, 0.25) is 0 Å². The number of nitrogens with zero attached hydrogens (tertiary/aromatic N) is 2. The SMILES string of the molecule is C=C(C)C1=NC(c2ccc(C(F)(F)F)cc2CN2C(=O)O[C@H](c3cc(C(F)(F)F)cc(C(F)(F)F)c3)[C@@H]2C)CS1. The van der Waals surface area contributed by atoms with Crippen molar-refractivity contribution in [1.29, 1.82) is 0 Å². The number of benzene rings is 2. The van der Waals surface area contributed by atoms with Gasteiger partial charge in [0.1, 0.15) is 6.10 Å². The molecule has 2 aromatic rings. The molecule has 216 valence electrons. The zero-order valence-corrected chi connectivity index (χ0v) is 21.7. The monoisotopic (exact) mass is 596 g/mol. The highest BCUT2D eigenvalue weighted by atomic mass is 32.2. The maximum atomic E-state index is 13.5. The molecule has 4 nitrogen and oxygen atoms in total. The Kier molecular flexibility index (Phi) is 7.71. The van der Waals surface area contributed by atoms with E-state index in [1.165, 1.54) is 24.8 Å². The molecule has 0 spiro atoms. The smallest absolute Gasteiger partial charge is 0.416 e. The summed E-state index contributed by atoms with van der Waals surface area (Å²) in [5.41, 5.74) is -3.58. The van der Waals surface area contributed by atoms with Gasteiger partial charge in [0.05, 0.1) is 33.8 Å². The number of hydrogen-bond donors (Lipinski definition) is 0. The van der Waals surface area contributed by atoms with E-state index in [1.54, 1.807) is 6.92 Å². The summed E-state index contributed by atoms with van der Waals surface area (Å²) in [4.78, 5) is 18.3. The van der Waals surface area contributed by atoms with Gasteiger partial charge in [-0.05, 0) is 66.4 Å². The maximum Gasteiger partial charge on any atom is 0.416 e. The number of ether oxygens (including phenoxy) is 1. The molecule has 4 rings (SSSR count). The molecule has 0 N–H and O–H groups in total. The quantitative estimate of drug-likeness (QED) is 0.325. The van der Waals surface area contributed by atoms with Gasteiger partial charge in [-0.2, -0.15) is 39.5 Å². The van der Waals surface area contributed by atoms with Gasteiger partial charge >= 0.3 is 24.6 Å². The highest BCUT2D eigenvalue weighted by molar-refractivity contribution is 8.14. The van der Waals surface area contributed by atoms with Gasteiger partial charge in [0, 0.05) is 12.3 Å². The van der Waals surface area contributed by atoms with E-state index in [0.717, 1.165) is 17.0 Å². The molecule has 2 aromatic carbocycles. The maximum absolute atomic E-state index is 13.5. The fraction of sp³-hybridized carbons (Fsp3) is 0.385. The van der Waals surface area contributed by atoms with Crippen LogP contribution in [0, 0.1) is 0 Å². The molecular formula is C26H21F9N2O2S. The average Bonchev–Trinajstić information content (AvgIpc) is 3.43. The number of amides is 1. The summed E-state index contributed by atoms with van der Waals surface area (Å²) < 4.78 is 126. The van der Waals surface area contributed by atoms with Gasteiger partial charge in [-0.3, -0.25) is 9.89 Å². The van der Waals surface area contributed by atoms with E-state index in [9.17, 15) is 44.3 Å². The molecular weight excluding hydrogens is 575 g/mol. The Morgan fingerprint density at radius 1 is 0.975 bits per heavy atom. The topological polar surface area (TPSA) is 41.9 Å². The molecule has 0 aliphatic carbocycles. The van der Waals surface area contributed by atoms with Crippen LogP contribution in [0.2, 0.25) is 0 Å². The summed E-state index contributed by atoms with van der Waals surface area (Å²) in [5, 5.41) is 0.620. The molecule has 1 unspecified atom stereocenters. The minimum absolute atomic E-state index is 0.0447. The van der Waals surface area contributed by atoms with Crippen molar-refractivity contribution >= 4 is 22.9 Å². The van der Waals surface area contributed by atoms with Crippen molar-refractivity contribution in [3.05, 3.63) is 81.9 Å². The second-order valence-corrected chi connectivity index (χ2v) is 10.5. The number of hydrogen-bond acceptors (Lipinski definition) is 4. The molecule has 0 radical (unpaired) electrons. The number of carbonyl (C=O) groups excluding carboxylic acids is 1. The predicted octanol–water partition coefficient (Wildman–Crippen LogP) is 8.59. The van der Waals surface area contributed by atoms with Crippen LogP contribution in [-0.2, 0) is 29.8 Å². The summed E-state index contributed by atoms with van der Waals surface area (Å²) in [6.45, 7) is 6.42. The zero-order chi connectivity index (χ0) is 29.8. The van der Waals surface area contributed by atoms with Crippen LogP contribution in [0.1, 0.15) is 59.4 Å². The van der Waals surface area contributed by atoms with Crippen LogP contribution in [0.3, 0.4) is 0 Å². The van der Waals surface area contributed by atoms with Crippen LogP contribution in [0.25, 0.3) is 0 Å². The van der Waals surface area contributed by atoms with Crippen molar-refractivity contribution in [2.45, 2.75) is 57.1 Å². The van der Waals surface area contributed by atoms with Crippen molar-refractivity contribution in [2.24, 2.45) is 4.99 Å². The fourth-order valence-electron chi connectivity index (χ4n) is 4.50. The molecule has 14 heteroatoms. The van der Waals surface area contributed by atoms with E-state index >= 15 is 0 Å². The van der Waals surface area contributed by atoms with Gasteiger partial charge in [-0.15, -0.1) is 11.8 Å². The van der Waals surface area contributed by atoms with Crippen molar-refractivity contribution in [3.63, 3.8) is 0 Å². The molecule has 3 atom stereocenters. The standard InChI is InChI=1S/C26H21F9N2O2S/c1-12(2)22-36-20(11-40-22)19-5-4-16(24(27,28)29)8-15(19)10-37-13(3)21(39-23(37)38)14-6-17(25(30,31)32)9-18(7-14)26(33,34)35/h4-9,13,20-21H,1,10-11H2,2-3H3/t13-,20?,21-/m0/s1. The van der Waals surface area contributed by atoms with E-state index in [4.69, 9.17) is 4.74 Å². The average molecular weight is 597 g/mol. The molecule has 0 bridgehead atoms. The van der Waals surface area contributed by atoms with Crippen LogP contribution in [0.5, 0.6) is 0 Å². The minimum Gasteiger partial charge on any atom is -0.439 e. The van der Waals surface area contributed by atoms with E-state index < -0.39 is 71.6 Å². The Morgan fingerprint density at radius 3 is 2.05 bits per heavy atom. The van der Waals surface area contributed by atoms with Gasteiger partial charge in [0.25, 0.3) is 0 Å². The van der Waals surface area contributed by atoms with Crippen LogP contribution in [0.4, 0.5) is 44.3 Å². The molecule has 0 saturated carbocycles. The zero-order valence-electron chi connectivity index (χ0n) is 20.8. The van der Waals surface area contributed by atoms with Crippen LogP contribution in [-0.4, -0.2) is 27.8 Å². The Bertz CT molecular complexity index is 1330. The third-order valence-corrected chi connectivity index (χ3v) is 7.73. The number of thioether (sulfide) groups is 1. The highest BCUT2D eigenvalue weighted by Crippen LogP contribution is 2.42. The second kappa shape index (κ2) is 10.3.